The second-order valence-electron chi connectivity index (χ2n) is 2.73. The molecule has 0 amide bonds. The highest BCUT2D eigenvalue weighted by Gasteiger charge is 2.08. The van der Waals surface area contributed by atoms with Crippen molar-refractivity contribution in [3.8, 4) is 0 Å². The fourth-order valence-electron chi connectivity index (χ4n) is 0.929. The van der Waals surface area contributed by atoms with Crippen LogP contribution in [0.25, 0.3) is 0 Å². The van der Waals surface area contributed by atoms with E-state index in [1.54, 1.807) is 0 Å². The number of aromatic nitrogens is 2. The second-order valence-corrected chi connectivity index (χ2v) is 2.73. The molecule has 0 spiro atoms. The van der Waals surface area contributed by atoms with Gasteiger partial charge in [-0.3, -0.25) is 9.97 Å². The SMILES string of the molecule is CC(C)c1nccnc1C(=O)[O-]. The van der Waals surface area contributed by atoms with Crippen molar-refractivity contribution in [2.45, 2.75) is 19.8 Å². The Labute approximate surface area is 70.3 Å². The average Bonchev–Trinajstić information content (AvgIpc) is 2.04. The van der Waals surface area contributed by atoms with Crippen LogP contribution in [0.15, 0.2) is 12.4 Å². The van der Waals surface area contributed by atoms with E-state index in [2.05, 4.69) is 9.97 Å². The van der Waals surface area contributed by atoms with Crippen molar-refractivity contribution in [2.75, 3.05) is 0 Å². The lowest BCUT2D eigenvalue weighted by Crippen LogP contribution is -2.26. The maximum atomic E-state index is 10.5. The summed E-state index contributed by atoms with van der Waals surface area (Å²) >= 11 is 0. The smallest absolute Gasteiger partial charge is 0.107 e. The molecule has 1 rings (SSSR count). The van der Waals surface area contributed by atoms with Crippen molar-refractivity contribution in [1.29, 1.82) is 0 Å². The van der Waals surface area contributed by atoms with Crippen LogP contribution in [0.5, 0.6) is 0 Å². The minimum Gasteiger partial charge on any atom is -0.543 e. The van der Waals surface area contributed by atoms with Crippen LogP contribution < -0.4 is 5.11 Å². The molecular formula is C8H9N2O2-. The van der Waals surface area contributed by atoms with Gasteiger partial charge >= 0.3 is 0 Å². The largest absolute Gasteiger partial charge is 0.543 e. The lowest BCUT2D eigenvalue weighted by molar-refractivity contribution is -0.255. The van der Waals surface area contributed by atoms with Crippen molar-refractivity contribution in [1.82, 2.24) is 9.97 Å². The molecular weight excluding hydrogens is 156 g/mol. The summed E-state index contributed by atoms with van der Waals surface area (Å²) in [6.07, 6.45) is 2.82. The predicted molar refractivity (Wildman–Crippen MR) is 40.5 cm³/mol. The molecule has 0 aliphatic rings. The van der Waals surface area contributed by atoms with E-state index in [0.717, 1.165) is 0 Å². The third kappa shape index (κ3) is 1.58. The fraction of sp³-hybridized carbons (Fsp3) is 0.375. The lowest BCUT2D eigenvalue weighted by Gasteiger charge is -2.09. The summed E-state index contributed by atoms with van der Waals surface area (Å²) in [4.78, 5) is 18.1. The minimum atomic E-state index is -1.27. The lowest BCUT2D eigenvalue weighted by atomic mass is 10.1. The molecule has 0 unspecified atom stereocenters. The molecule has 12 heavy (non-hydrogen) atoms. The van der Waals surface area contributed by atoms with Gasteiger partial charge < -0.3 is 9.90 Å². The molecule has 0 radical (unpaired) electrons. The minimum absolute atomic E-state index is 0.0478. The maximum absolute atomic E-state index is 10.5. The van der Waals surface area contributed by atoms with Crippen LogP contribution in [0, 0.1) is 0 Å². The van der Waals surface area contributed by atoms with E-state index in [-0.39, 0.29) is 11.6 Å². The summed E-state index contributed by atoms with van der Waals surface area (Å²) in [7, 11) is 0. The molecule has 0 bridgehead atoms. The molecule has 0 fully saturated rings. The van der Waals surface area contributed by atoms with Gasteiger partial charge in [0.2, 0.25) is 0 Å². The van der Waals surface area contributed by atoms with Gasteiger partial charge in [-0.25, -0.2) is 0 Å². The summed E-state index contributed by atoms with van der Waals surface area (Å²) in [6, 6.07) is 0. The third-order valence-corrected chi connectivity index (χ3v) is 1.47. The molecule has 0 aliphatic carbocycles. The Morgan fingerprint density at radius 1 is 1.42 bits per heavy atom. The molecule has 0 atom stereocenters. The van der Waals surface area contributed by atoms with E-state index < -0.39 is 5.97 Å². The molecule has 4 nitrogen and oxygen atoms in total. The van der Waals surface area contributed by atoms with Crippen LogP contribution in [0.1, 0.15) is 35.9 Å². The van der Waals surface area contributed by atoms with Crippen LogP contribution in [0.3, 0.4) is 0 Å². The number of aromatic carboxylic acids is 1. The number of nitrogens with zero attached hydrogens (tertiary/aromatic N) is 2. The van der Waals surface area contributed by atoms with Gasteiger partial charge in [0, 0.05) is 12.4 Å². The Morgan fingerprint density at radius 3 is 2.42 bits per heavy atom. The molecule has 0 saturated carbocycles. The first-order valence-electron chi connectivity index (χ1n) is 3.65. The number of carboxylic acids is 1. The normalized spacial score (nSPS) is 10.2. The quantitative estimate of drug-likeness (QED) is 0.616. The molecule has 4 heteroatoms. The zero-order chi connectivity index (χ0) is 9.14. The van der Waals surface area contributed by atoms with Crippen molar-refractivity contribution in [2.24, 2.45) is 0 Å². The van der Waals surface area contributed by atoms with Gasteiger partial charge in [0.05, 0.1) is 11.7 Å². The average molecular weight is 165 g/mol. The van der Waals surface area contributed by atoms with Crippen molar-refractivity contribution in [3.05, 3.63) is 23.8 Å². The van der Waals surface area contributed by atoms with Gasteiger partial charge in [-0.1, -0.05) is 13.8 Å². The van der Waals surface area contributed by atoms with E-state index in [9.17, 15) is 9.90 Å². The highest BCUT2D eigenvalue weighted by molar-refractivity contribution is 5.84. The van der Waals surface area contributed by atoms with Crippen LogP contribution in [0.2, 0.25) is 0 Å². The van der Waals surface area contributed by atoms with E-state index in [0.29, 0.717) is 5.69 Å². The van der Waals surface area contributed by atoms with Crippen molar-refractivity contribution < 1.29 is 9.90 Å². The number of rotatable bonds is 2. The first-order valence-corrected chi connectivity index (χ1v) is 3.65. The molecule has 1 aromatic rings. The number of hydrogen-bond donors (Lipinski definition) is 0. The highest BCUT2D eigenvalue weighted by Crippen LogP contribution is 2.12. The van der Waals surface area contributed by atoms with E-state index >= 15 is 0 Å². The summed E-state index contributed by atoms with van der Waals surface area (Å²) in [5, 5.41) is 10.5. The van der Waals surface area contributed by atoms with Gasteiger partial charge in [0.1, 0.15) is 5.69 Å². The van der Waals surface area contributed by atoms with E-state index in [1.165, 1.54) is 12.4 Å². The Kier molecular flexibility index (Phi) is 2.38. The fourth-order valence-corrected chi connectivity index (χ4v) is 0.929. The third-order valence-electron chi connectivity index (χ3n) is 1.47. The summed E-state index contributed by atoms with van der Waals surface area (Å²) in [6.45, 7) is 3.72. The first kappa shape index (κ1) is 8.64. The molecule has 1 heterocycles. The molecule has 0 N–H and O–H groups in total. The van der Waals surface area contributed by atoms with Crippen LogP contribution >= 0.6 is 0 Å². The predicted octanol–water partition coefficient (Wildman–Crippen LogP) is -0.0365. The van der Waals surface area contributed by atoms with Gasteiger partial charge in [-0.15, -0.1) is 0 Å². The number of carbonyl (C=O) groups is 1. The maximum Gasteiger partial charge on any atom is 0.107 e. The first-order chi connectivity index (χ1) is 5.63. The summed E-state index contributed by atoms with van der Waals surface area (Å²) in [5.74, 6) is -1.22. The van der Waals surface area contributed by atoms with Crippen LogP contribution in [-0.2, 0) is 0 Å². The zero-order valence-electron chi connectivity index (χ0n) is 6.94. The van der Waals surface area contributed by atoms with Crippen molar-refractivity contribution >= 4 is 5.97 Å². The van der Waals surface area contributed by atoms with Crippen LogP contribution in [0.4, 0.5) is 0 Å². The van der Waals surface area contributed by atoms with E-state index in [1.807, 2.05) is 13.8 Å². The monoisotopic (exact) mass is 165 g/mol. The molecule has 0 aromatic carbocycles. The molecule has 64 valence electrons. The van der Waals surface area contributed by atoms with Crippen molar-refractivity contribution in [3.63, 3.8) is 0 Å². The Hall–Kier alpha value is -1.45. The Morgan fingerprint density at radius 2 is 2.00 bits per heavy atom. The van der Waals surface area contributed by atoms with Crippen LogP contribution in [-0.4, -0.2) is 15.9 Å². The second kappa shape index (κ2) is 3.30. The number of hydrogen-bond acceptors (Lipinski definition) is 4. The molecule has 1 aromatic heterocycles. The molecule has 0 aliphatic heterocycles. The zero-order valence-corrected chi connectivity index (χ0v) is 6.94. The van der Waals surface area contributed by atoms with E-state index in [4.69, 9.17) is 0 Å². The summed E-state index contributed by atoms with van der Waals surface area (Å²) in [5.41, 5.74) is 0.407. The Bertz CT molecular complexity index is 297. The van der Waals surface area contributed by atoms with Gasteiger partial charge in [-0.05, 0) is 5.92 Å². The summed E-state index contributed by atoms with van der Waals surface area (Å²) < 4.78 is 0. The van der Waals surface area contributed by atoms with Gasteiger partial charge in [-0.2, -0.15) is 0 Å². The Balaban J connectivity index is 3.17. The molecule has 0 saturated heterocycles. The highest BCUT2D eigenvalue weighted by atomic mass is 16.4. The van der Waals surface area contributed by atoms with Gasteiger partial charge in [0.15, 0.2) is 0 Å². The number of carbonyl (C=O) groups excluding carboxylic acids is 1. The standard InChI is InChI=1S/C8H10N2O2/c1-5(2)6-7(8(11)12)10-4-3-9-6/h3-5H,1-2H3,(H,11,12)/p-1. The van der Waals surface area contributed by atoms with Gasteiger partial charge in [0.25, 0.3) is 0 Å². The topological polar surface area (TPSA) is 65.9 Å². The number of carboxylic acid groups (broad SMARTS) is 1.